The van der Waals surface area contributed by atoms with E-state index in [0.717, 1.165) is 34.4 Å². The lowest BCUT2D eigenvalue weighted by atomic mass is 9.96. The number of phenolic OH excluding ortho intramolecular Hbond substituents is 1. The molecule has 0 spiro atoms. The van der Waals surface area contributed by atoms with Gasteiger partial charge in [0.25, 0.3) is 0 Å². The first-order valence-corrected chi connectivity index (χ1v) is 5.65. The summed E-state index contributed by atoms with van der Waals surface area (Å²) < 4.78 is 5.82. The number of ether oxygens (including phenoxy) is 1. The maximum absolute atomic E-state index is 9.96. The van der Waals surface area contributed by atoms with E-state index < -0.39 is 0 Å². The fourth-order valence-electron chi connectivity index (χ4n) is 2.31. The van der Waals surface area contributed by atoms with E-state index in [1.807, 2.05) is 20.8 Å². The Bertz CT molecular complexity index is 387. The summed E-state index contributed by atoms with van der Waals surface area (Å²) in [6.07, 6.45) is 1.49. The van der Waals surface area contributed by atoms with Crippen LogP contribution < -0.4 is 4.74 Å². The second-order valence-corrected chi connectivity index (χ2v) is 4.49. The Labute approximate surface area is 95.7 Å². The SMILES string of the molecule is Cc1c(C)c2c(c(C)c1O)CC(CCO)O2. The average Bonchev–Trinajstić information content (AvgIpc) is 2.68. The molecule has 0 bridgehead atoms. The van der Waals surface area contributed by atoms with Crippen LogP contribution in [0.25, 0.3) is 0 Å². The monoisotopic (exact) mass is 222 g/mol. The molecule has 88 valence electrons. The van der Waals surface area contributed by atoms with E-state index in [-0.39, 0.29) is 12.7 Å². The number of fused-ring (bicyclic) bond motifs is 1. The standard InChI is InChI=1S/C13H18O3/c1-7-8(2)13-11(9(3)12(7)15)6-10(16-13)4-5-14/h10,14-15H,4-6H2,1-3H3. The molecule has 3 heteroatoms. The number of aromatic hydroxyl groups is 1. The van der Waals surface area contributed by atoms with Gasteiger partial charge in [0.1, 0.15) is 17.6 Å². The van der Waals surface area contributed by atoms with E-state index in [1.165, 1.54) is 0 Å². The molecule has 0 aromatic heterocycles. The zero-order valence-corrected chi connectivity index (χ0v) is 10.0. The number of aliphatic hydroxyl groups excluding tert-OH is 1. The highest BCUT2D eigenvalue weighted by Gasteiger charge is 2.28. The molecule has 2 N–H and O–H groups in total. The minimum absolute atomic E-state index is 0.0543. The van der Waals surface area contributed by atoms with Crippen molar-refractivity contribution in [3.05, 3.63) is 22.3 Å². The zero-order chi connectivity index (χ0) is 11.9. The van der Waals surface area contributed by atoms with Crippen LogP contribution in [0, 0.1) is 20.8 Å². The number of rotatable bonds is 2. The van der Waals surface area contributed by atoms with Crippen LogP contribution in [0.2, 0.25) is 0 Å². The maximum Gasteiger partial charge on any atom is 0.126 e. The Balaban J connectivity index is 2.45. The highest BCUT2D eigenvalue weighted by molar-refractivity contribution is 5.59. The van der Waals surface area contributed by atoms with Gasteiger partial charge in [-0.25, -0.2) is 0 Å². The van der Waals surface area contributed by atoms with Crippen molar-refractivity contribution in [2.45, 2.75) is 39.7 Å². The van der Waals surface area contributed by atoms with Crippen LogP contribution in [0.5, 0.6) is 11.5 Å². The molecule has 1 atom stereocenters. The van der Waals surface area contributed by atoms with Crippen molar-refractivity contribution in [2.75, 3.05) is 6.61 Å². The highest BCUT2D eigenvalue weighted by Crippen LogP contribution is 2.42. The Morgan fingerprint density at radius 1 is 1.19 bits per heavy atom. The summed E-state index contributed by atoms with van der Waals surface area (Å²) in [6.45, 7) is 5.93. The molecule has 16 heavy (non-hydrogen) atoms. The highest BCUT2D eigenvalue weighted by atomic mass is 16.5. The van der Waals surface area contributed by atoms with E-state index in [2.05, 4.69) is 0 Å². The van der Waals surface area contributed by atoms with Gasteiger partial charge in [-0.05, 0) is 37.5 Å². The molecule has 3 nitrogen and oxygen atoms in total. The summed E-state index contributed by atoms with van der Waals surface area (Å²) in [5.41, 5.74) is 3.91. The van der Waals surface area contributed by atoms with Crippen LogP contribution in [0.15, 0.2) is 0 Å². The van der Waals surface area contributed by atoms with E-state index >= 15 is 0 Å². The van der Waals surface area contributed by atoms with Crippen molar-refractivity contribution in [3.8, 4) is 11.5 Å². The van der Waals surface area contributed by atoms with Gasteiger partial charge >= 0.3 is 0 Å². The maximum atomic E-state index is 9.96. The van der Waals surface area contributed by atoms with E-state index in [1.54, 1.807) is 0 Å². The molecule has 1 heterocycles. The van der Waals surface area contributed by atoms with Crippen LogP contribution >= 0.6 is 0 Å². The Morgan fingerprint density at radius 2 is 1.88 bits per heavy atom. The van der Waals surface area contributed by atoms with Gasteiger partial charge in [0.15, 0.2) is 0 Å². The molecule has 0 radical (unpaired) electrons. The summed E-state index contributed by atoms with van der Waals surface area (Å²) in [5.74, 6) is 1.29. The van der Waals surface area contributed by atoms with Gasteiger partial charge in [-0.3, -0.25) is 0 Å². The van der Waals surface area contributed by atoms with Gasteiger partial charge in [0, 0.05) is 25.0 Å². The number of benzene rings is 1. The summed E-state index contributed by atoms with van der Waals surface area (Å²) in [6, 6.07) is 0. The first-order valence-electron chi connectivity index (χ1n) is 5.65. The van der Waals surface area contributed by atoms with Crippen molar-refractivity contribution >= 4 is 0 Å². The fourth-order valence-corrected chi connectivity index (χ4v) is 2.31. The van der Waals surface area contributed by atoms with Crippen molar-refractivity contribution < 1.29 is 14.9 Å². The Hall–Kier alpha value is -1.22. The molecular weight excluding hydrogens is 204 g/mol. The number of hydrogen-bond donors (Lipinski definition) is 2. The third kappa shape index (κ3) is 1.55. The lowest BCUT2D eigenvalue weighted by Gasteiger charge is -2.13. The van der Waals surface area contributed by atoms with Gasteiger partial charge in [-0.15, -0.1) is 0 Å². The molecule has 1 aromatic carbocycles. The summed E-state index contributed by atoms with van der Waals surface area (Å²) in [4.78, 5) is 0. The Kier molecular flexibility index (Phi) is 2.80. The second-order valence-electron chi connectivity index (χ2n) is 4.49. The predicted molar refractivity (Wildman–Crippen MR) is 62.1 cm³/mol. The topological polar surface area (TPSA) is 49.7 Å². The van der Waals surface area contributed by atoms with Gasteiger partial charge < -0.3 is 14.9 Å². The molecule has 0 fully saturated rings. The molecule has 0 amide bonds. The minimum atomic E-state index is 0.0543. The normalized spacial score (nSPS) is 18.4. The van der Waals surface area contributed by atoms with Crippen LogP contribution in [0.1, 0.15) is 28.7 Å². The van der Waals surface area contributed by atoms with Crippen molar-refractivity contribution in [1.82, 2.24) is 0 Å². The third-order valence-corrected chi connectivity index (χ3v) is 3.51. The molecular formula is C13H18O3. The second kappa shape index (κ2) is 3.98. The fraction of sp³-hybridized carbons (Fsp3) is 0.538. The van der Waals surface area contributed by atoms with Crippen LogP contribution in [-0.4, -0.2) is 22.9 Å². The largest absolute Gasteiger partial charge is 0.507 e. The number of hydrogen-bond acceptors (Lipinski definition) is 3. The first-order chi connectivity index (χ1) is 7.56. The van der Waals surface area contributed by atoms with Gasteiger partial charge in [-0.2, -0.15) is 0 Å². The van der Waals surface area contributed by atoms with Gasteiger partial charge in [0.05, 0.1) is 0 Å². The lowest BCUT2D eigenvalue weighted by molar-refractivity contribution is 0.174. The van der Waals surface area contributed by atoms with Crippen molar-refractivity contribution in [3.63, 3.8) is 0 Å². The molecule has 1 aromatic rings. The molecule has 1 unspecified atom stereocenters. The minimum Gasteiger partial charge on any atom is -0.507 e. The average molecular weight is 222 g/mol. The smallest absolute Gasteiger partial charge is 0.126 e. The molecule has 1 aliphatic rings. The van der Waals surface area contributed by atoms with Crippen molar-refractivity contribution in [2.24, 2.45) is 0 Å². The molecule has 0 saturated carbocycles. The van der Waals surface area contributed by atoms with E-state index in [9.17, 15) is 5.11 Å². The molecule has 1 aliphatic heterocycles. The number of phenols is 1. The predicted octanol–water partition coefficient (Wildman–Crippen LogP) is 2.00. The summed E-state index contributed by atoms with van der Waals surface area (Å²) in [7, 11) is 0. The van der Waals surface area contributed by atoms with Gasteiger partial charge in [-0.1, -0.05) is 0 Å². The molecule has 0 saturated heterocycles. The third-order valence-electron chi connectivity index (χ3n) is 3.51. The lowest BCUT2D eigenvalue weighted by Crippen LogP contribution is -2.14. The van der Waals surface area contributed by atoms with Crippen molar-refractivity contribution in [1.29, 1.82) is 0 Å². The van der Waals surface area contributed by atoms with Gasteiger partial charge in [0.2, 0.25) is 0 Å². The zero-order valence-electron chi connectivity index (χ0n) is 10.0. The van der Waals surface area contributed by atoms with Crippen LogP contribution in [-0.2, 0) is 6.42 Å². The van der Waals surface area contributed by atoms with E-state index in [4.69, 9.17) is 9.84 Å². The molecule has 0 aliphatic carbocycles. The number of aliphatic hydroxyl groups is 1. The first kappa shape index (κ1) is 11.3. The summed E-state index contributed by atoms with van der Waals surface area (Å²) in [5, 5.41) is 18.9. The molecule has 2 rings (SSSR count). The van der Waals surface area contributed by atoms with E-state index in [0.29, 0.717) is 12.2 Å². The summed E-state index contributed by atoms with van der Waals surface area (Å²) >= 11 is 0. The van der Waals surface area contributed by atoms with Crippen LogP contribution in [0.3, 0.4) is 0 Å². The quantitative estimate of drug-likeness (QED) is 0.804. The van der Waals surface area contributed by atoms with Crippen LogP contribution in [0.4, 0.5) is 0 Å². The Morgan fingerprint density at radius 3 is 2.50 bits per heavy atom.